The van der Waals surface area contributed by atoms with Gasteiger partial charge >= 0.3 is 0 Å². The van der Waals surface area contributed by atoms with Crippen molar-refractivity contribution in [2.45, 2.75) is 37.4 Å². The average Bonchev–Trinajstić information content (AvgIpc) is 3.10. The van der Waals surface area contributed by atoms with Crippen LogP contribution in [0.5, 0.6) is 0 Å². The van der Waals surface area contributed by atoms with Crippen molar-refractivity contribution in [1.29, 1.82) is 0 Å². The third-order valence-electron chi connectivity index (χ3n) is 7.12. The normalized spacial score (nSPS) is 24.5. The van der Waals surface area contributed by atoms with Gasteiger partial charge < -0.3 is 20.0 Å². The highest BCUT2D eigenvalue weighted by atomic mass is 35.5. The number of likely N-dealkylation sites (tertiary alicyclic amines) is 1. The first-order valence-electron chi connectivity index (χ1n) is 11.6. The second-order valence-corrected chi connectivity index (χ2v) is 9.87. The molecule has 0 bridgehead atoms. The van der Waals surface area contributed by atoms with E-state index in [2.05, 4.69) is 26.7 Å². The molecule has 0 spiro atoms. The quantitative estimate of drug-likeness (QED) is 0.686. The fourth-order valence-electron chi connectivity index (χ4n) is 5.28. The average molecular weight is 472 g/mol. The topological polar surface area (TPSA) is 93.0 Å². The van der Waals surface area contributed by atoms with Crippen molar-refractivity contribution in [3.63, 3.8) is 0 Å². The zero-order valence-corrected chi connectivity index (χ0v) is 19.5. The molecular weight excluding hydrogens is 442 g/mol. The number of amides is 1. The molecule has 0 radical (unpaired) electrons. The van der Waals surface area contributed by atoms with Gasteiger partial charge in [-0.1, -0.05) is 30.7 Å². The number of piperazine rings is 1. The molecule has 2 aromatic rings. The molecular formula is C24H30ClN5O3. The number of halogens is 1. The summed E-state index contributed by atoms with van der Waals surface area (Å²) in [7, 11) is 0. The molecule has 8 nitrogen and oxygen atoms in total. The Kier molecular flexibility index (Phi) is 6.26. The lowest BCUT2D eigenvalue weighted by Gasteiger charge is -2.41. The van der Waals surface area contributed by atoms with Gasteiger partial charge in [-0.3, -0.25) is 9.69 Å². The molecule has 9 heteroatoms. The van der Waals surface area contributed by atoms with Crippen molar-refractivity contribution in [2.24, 2.45) is 0 Å². The molecule has 176 valence electrons. The van der Waals surface area contributed by atoms with Gasteiger partial charge in [0.25, 0.3) is 0 Å². The van der Waals surface area contributed by atoms with Crippen LogP contribution in [0, 0.1) is 0 Å². The van der Waals surface area contributed by atoms with E-state index >= 15 is 0 Å². The molecule has 0 saturated carbocycles. The van der Waals surface area contributed by atoms with Crippen molar-refractivity contribution in [2.75, 3.05) is 50.7 Å². The monoisotopic (exact) mass is 471 g/mol. The van der Waals surface area contributed by atoms with Crippen LogP contribution in [-0.2, 0) is 4.79 Å². The summed E-state index contributed by atoms with van der Waals surface area (Å²) in [4.78, 5) is 28.7. The lowest BCUT2D eigenvalue weighted by Crippen LogP contribution is -2.55. The van der Waals surface area contributed by atoms with Gasteiger partial charge in [-0.25, -0.2) is 9.97 Å². The maximum Gasteiger partial charge on any atom is 0.231 e. The second kappa shape index (κ2) is 9.18. The van der Waals surface area contributed by atoms with Crippen molar-refractivity contribution in [1.82, 2.24) is 19.8 Å². The van der Waals surface area contributed by atoms with Crippen molar-refractivity contribution >= 4 is 23.3 Å². The van der Waals surface area contributed by atoms with Crippen LogP contribution in [0.4, 0.5) is 5.82 Å². The fourth-order valence-corrected chi connectivity index (χ4v) is 5.41. The summed E-state index contributed by atoms with van der Waals surface area (Å²) in [5.74, 6) is 0.918. The summed E-state index contributed by atoms with van der Waals surface area (Å²) in [6, 6.07) is 7.50. The number of aliphatic hydroxyl groups is 2. The van der Waals surface area contributed by atoms with Gasteiger partial charge in [0.2, 0.25) is 5.91 Å². The lowest BCUT2D eigenvalue weighted by atomic mass is 9.95. The van der Waals surface area contributed by atoms with Gasteiger partial charge in [0.15, 0.2) is 0 Å². The van der Waals surface area contributed by atoms with E-state index in [0.29, 0.717) is 57.3 Å². The summed E-state index contributed by atoms with van der Waals surface area (Å²) >= 11 is 6.07. The highest BCUT2D eigenvalue weighted by molar-refractivity contribution is 6.30. The molecule has 5 rings (SSSR count). The fraction of sp³-hybridized carbons (Fsp3) is 0.542. The number of aromatic nitrogens is 2. The van der Waals surface area contributed by atoms with E-state index < -0.39 is 6.10 Å². The van der Waals surface area contributed by atoms with Crippen LogP contribution < -0.4 is 4.90 Å². The standard InChI is InChI=1S/C24H30ClN5O3/c1-15-10-20(32)22-21(15)23(27-14-26-22)29-6-8-30(9-7-29)24(33)19(13-28-11-18(31)12-28)16-2-4-17(25)5-3-16/h2-5,14-15,18-20,31-32H,6-13H2,1H3/t15-,19+,20-/m1/s1. The molecule has 1 aliphatic carbocycles. The van der Waals surface area contributed by atoms with Gasteiger partial charge in [0, 0.05) is 56.4 Å². The van der Waals surface area contributed by atoms with Crippen LogP contribution >= 0.6 is 11.6 Å². The summed E-state index contributed by atoms with van der Waals surface area (Å²) in [5.41, 5.74) is 2.73. The summed E-state index contributed by atoms with van der Waals surface area (Å²) < 4.78 is 0. The van der Waals surface area contributed by atoms with Gasteiger partial charge in [-0.2, -0.15) is 0 Å². The largest absolute Gasteiger partial charge is 0.390 e. The number of β-amino-alcohol motifs (C(OH)–C–C–N with tert-alkyl or cyclic N) is 1. The number of aliphatic hydroxyl groups excluding tert-OH is 2. The van der Waals surface area contributed by atoms with E-state index in [0.717, 1.165) is 22.6 Å². The third kappa shape index (κ3) is 4.45. The van der Waals surface area contributed by atoms with E-state index in [-0.39, 0.29) is 23.8 Å². The molecule has 33 heavy (non-hydrogen) atoms. The Balaban J connectivity index is 1.29. The molecule has 3 atom stereocenters. The van der Waals surface area contributed by atoms with Gasteiger partial charge in [0.1, 0.15) is 12.1 Å². The van der Waals surface area contributed by atoms with Crippen molar-refractivity contribution in [3.05, 3.63) is 52.4 Å². The minimum Gasteiger partial charge on any atom is -0.390 e. The Labute approximate surface area is 198 Å². The summed E-state index contributed by atoms with van der Waals surface area (Å²) in [6.45, 7) is 6.50. The van der Waals surface area contributed by atoms with Gasteiger partial charge in [-0.05, 0) is 30.0 Å². The lowest BCUT2D eigenvalue weighted by molar-refractivity contribution is -0.134. The van der Waals surface area contributed by atoms with Crippen LogP contribution in [0.1, 0.15) is 48.1 Å². The number of rotatable bonds is 5. The molecule has 2 N–H and O–H groups in total. The molecule has 2 fully saturated rings. The number of benzene rings is 1. The van der Waals surface area contributed by atoms with Crippen molar-refractivity contribution < 1.29 is 15.0 Å². The first-order chi connectivity index (χ1) is 15.9. The Morgan fingerprint density at radius 1 is 1.12 bits per heavy atom. The third-order valence-corrected chi connectivity index (χ3v) is 7.37. The number of fused-ring (bicyclic) bond motifs is 1. The number of hydrogen-bond acceptors (Lipinski definition) is 7. The molecule has 3 aliphatic rings. The SMILES string of the molecule is C[C@@H]1C[C@@H](O)c2ncnc(N3CCN(C(=O)[C@@H](CN4CC(O)C4)c4ccc(Cl)cc4)CC3)c21. The second-order valence-electron chi connectivity index (χ2n) is 9.44. The first kappa shape index (κ1) is 22.5. The molecule has 1 aromatic heterocycles. The molecule has 1 amide bonds. The predicted octanol–water partition coefficient (Wildman–Crippen LogP) is 1.78. The maximum absolute atomic E-state index is 13.6. The predicted molar refractivity (Wildman–Crippen MR) is 125 cm³/mol. The number of anilines is 1. The van der Waals surface area contributed by atoms with E-state index in [1.165, 1.54) is 6.33 Å². The van der Waals surface area contributed by atoms with Gasteiger partial charge in [0.05, 0.1) is 23.8 Å². The Morgan fingerprint density at radius 2 is 1.82 bits per heavy atom. The zero-order chi connectivity index (χ0) is 23.1. The highest BCUT2D eigenvalue weighted by Gasteiger charge is 2.36. The Hall–Kier alpha value is -2.26. The van der Waals surface area contributed by atoms with Crippen LogP contribution in [0.2, 0.25) is 5.02 Å². The van der Waals surface area contributed by atoms with Gasteiger partial charge in [-0.15, -0.1) is 0 Å². The Morgan fingerprint density at radius 3 is 2.48 bits per heavy atom. The minimum absolute atomic E-state index is 0.107. The first-order valence-corrected chi connectivity index (χ1v) is 12.0. The Bertz CT molecular complexity index is 1010. The summed E-state index contributed by atoms with van der Waals surface area (Å²) in [5, 5.41) is 20.6. The van der Waals surface area contributed by atoms with E-state index in [1.54, 1.807) is 0 Å². The number of hydrogen-bond donors (Lipinski definition) is 2. The maximum atomic E-state index is 13.6. The molecule has 3 heterocycles. The van der Waals surface area contributed by atoms with Crippen LogP contribution in [-0.4, -0.2) is 87.8 Å². The van der Waals surface area contributed by atoms with E-state index in [4.69, 9.17) is 11.6 Å². The molecule has 1 aromatic carbocycles. The molecule has 2 aliphatic heterocycles. The van der Waals surface area contributed by atoms with E-state index in [9.17, 15) is 15.0 Å². The summed E-state index contributed by atoms with van der Waals surface area (Å²) in [6.07, 6.45) is 1.38. The smallest absolute Gasteiger partial charge is 0.231 e. The number of nitrogens with zero attached hydrogens (tertiary/aromatic N) is 5. The molecule has 0 unspecified atom stereocenters. The number of carbonyl (C=O) groups is 1. The van der Waals surface area contributed by atoms with Crippen LogP contribution in [0.3, 0.4) is 0 Å². The van der Waals surface area contributed by atoms with Crippen LogP contribution in [0.15, 0.2) is 30.6 Å². The molecule has 2 saturated heterocycles. The number of carbonyl (C=O) groups excluding carboxylic acids is 1. The highest BCUT2D eigenvalue weighted by Crippen LogP contribution is 2.42. The zero-order valence-electron chi connectivity index (χ0n) is 18.8. The van der Waals surface area contributed by atoms with E-state index in [1.807, 2.05) is 29.2 Å². The van der Waals surface area contributed by atoms with Crippen LogP contribution in [0.25, 0.3) is 0 Å². The minimum atomic E-state index is -0.528. The van der Waals surface area contributed by atoms with Crippen molar-refractivity contribution in [3.8, 4) is 0 Å².